The molecule has 1 fully saturated rings. The van der Waals surface area contributed by atoms with Gasteiger partial charge in [0.2, 0.25) is 0 Å². The summed E-state index contributed by atoms with van der Waals surface area (Å²) in [5, 5.41) is 21.6. The van der Waals surface area contributed by atoms with E-state index in [9.17, 15) is 19.8 Å². The average Bonchev–Trinajstić information content (AvgIpc) is 3.09. The van der Waals surface area contributed by atoms with E-state index in [1.165, 1.54) is 11.0 Å². The minimum atomic E-state index is -0.820. The number of aromatic hydroxyl groups is 1. The van der Waals surface area contributed by atoms with Crippen molar-refractivity contribution in [3.63, 3.8) is 0 Å². The van der Waals surface area contributed by atoms with E-state index in [0.717, 1.165) is 12.1 Å². The summed E-state index contributed by atoms with van der Waals surface area (Å²) in [5.74, 6) is -0.373. The Hall–Kier alpha value is -3.52. The number of aliphatic hydroxyl groups excluding tert-OH is 1. The number of rotatable bonds is 11. The van der Waals surface area contributed by atoms with Crippen LogP contribution in [0.5, 0.6) is 17.2 Å². The van der Waals surface area contributed by atoms with E-state index in [2.05, 4.69) is 13.8 Å². The van der Waals surface area contributed by atoms with Crippen molar-refractivity contribution in [2.24, 2.45) is 5.92 Å². The van der Waals surface area contributed by atoms with Crippen molar-refractivity contribution in [2.45, 2.75) is 40.2 Å². The van der Waals surface area contributed by atoms with Crippen molar-refractivity contribution in [3.8, 4) is 17.2 Å². The lowest BCUT2D eigenvalue weighted by atomic mass is 9.94. The third kappa shape index (κ3) is 6.43. The Morgan fingerprint density at radius 3 is 2.43 bits per heavy atom. The molecule has 0 bridgehead atoms. The van der Waals surface area contributed by atoms with E-state index in [1.807, 2.05) is 25.9 Å². The van der Waals surface area contributed by atoms with Gasteiger partial charge in [-0.1, -0.05) is 19.9 Å². The second-order valence-electron chi connectivity index (χ2n) is 9.99. The zero-order chi connectivity index (χ0) is 27.3. The Balaban J connectivity index is 2.09. The number of benzene rings is 2. The van der Waals surface area contributed by atoms with Crippen molar-refractivity contribution in [2.75, 3.05) is 40.4 Å². The molecule has 1 amide bonds. The second-order valence-corrected chi connectivity index (χ2v) is 9.99. The second kappa shape index (κ2) is 12.1. The number of aryl methyl sites for hydroxylation is 1. The fourth-order valence-corrected chi connectivity index (χ4v) is 4.36. The minimum absolute atomic E-state index is 0.0123. The van der Waals surface area contributed by atoms with E-state index in [1.54, 1.807) is 37.3 Å². The van der Waals surface area contributed by atoms with Gasteiger partial charge in [0.05, 0.1) is 24.8 Å². The molecule has 1 aliphatic heterocycles. The molecule has 8 nitrogen and oxygen atoms in total. The molecule has 2 aromatic carbocycles. The third-order valence-corrected chi connectivity index (χ3v) is 6.16. The van der Waals surface area contributed by atoms with Crippen LogP contribution in [0.1, 0.15) is 49.9 Å². The monoisotopic (exact) mass is 510 g/mol. The van der Waals surface area contributed by atoms with Gasteiger partial charge >= 0.3 is 0 Å². The molecule has 200 valence electrons. The van der Waals surface area contributed by atoms with E-state index in [4.69, 9.17) is 9.47 Å². The van der Waals surface area contributed by atoms with Crippen LogP contribution in [0.3, 0.4) is 0 Å². The lowest BCUT2D eigenvalue weighted by molar-refractivity contribution is -0.139. The SMILES string of the molecule is CCOc1cc([C@@H]2C(=C(O)c3ccc(OCC(C)C)c(C)c3)C(=O)C(=O)N2CCCN(C)C)ccc1O. The summed E-state index contributed by atoms with van der Waals surface area (Å²) in [7, 11) is 3.88. The molecule has 37 heavy (non-hydrogen) atoms. The smallest absolute Gasteiger partial charge is 0.295 e. The number of hydrogen-bond acceptors (Lipinski definition) is 7. The molecule has 3 rings (SSSR count). The summed E-state index contributed by atoms with van der Waals surface area (Å²) < 4.78 is 11.4. The maximum atomic E-state index is 13.3. The molecule has 0 aliphatic carbocycles. The molecule has 0 aromatic heterocycles. The largest absolute Gasteiger partial charge is 0.507 e. The number of phenolic OH excluding ortho intramolecular Hbond substituents is 1. The molecule has 2 aromatic rings. The van der Waals surface area contributed by atoms with Gasteiger partial charge in [-0.2, -0.15) is 0 Å². The molecule has 8 heteroatoms. The number of hydrogen-bond donors (Lipinski definition) is 2. The minimum Gasteiger partial charge on any atom is -0.507 e. The zero-order valence-corrected chi connectivity index (χ0v) is 22.6. The normalized spacial score (nSPS) is 17.2. The van der Waals surface area contributed by atoms with Crippen LogP contribution in [-0.4, -0.2) is 72.1 Å². The van der Waals surface area contributed by atoms with Crippen molar-refractivity contribution >= 4 is 17.4 Å². The molecule has 1 aliphatic rings. The number of phenols is 1. The number of nitrogens with zero attached hydrogens (tertiary/aromatic N) is 2. The zero-order valence-electron chi connectivity index (χ0n) is 22.6. The maximum absolute atomic E-state index is 13.3. The van der Waals surface area contributed by atoms with E-state index < -0.39 is 17.7 Å². The number of Topliss-reactive ketones (excluding diaryl/α,β-unsaturated/α-hetero) is 1. The number of carbonyl (C=O) groups is 2. The van der Waals surface area contributed by atoms with Crippen molar-refractivity contribution in [1.82, 2.24) is 9.80 Å². The quantitative estimate of drug-likeness (QED) is 0.261. The van der Waals surface area contributed by atoms with Crippen LogP contribution >= 0.6 is 0 Å². The van der Waals surface area contributed by atoms with Gasteiger partial charge < -0.3 is 29.5 Å². The van der Waals surface area contributed by atoms with E-state index in [0.29, 0.717) is 49.0 Å². The van der Waals surface area contributed by atoms with E-state index in [-0.39, 0.29) is 22.8 Å². The van der Waals surface area contributed by atoms with Crippen molar-refractivity contribution in [1.29, 1.82) is 0 Å². The van der Waals surface area contributed by atoms with Crippen LogP contribution in [0.25, 0.3) is 5.76 Å². The Kier molecular flexibility index (Phi) is 9.21. The van der Waals surface area contributed by atoms with Gasteiger partial charge in [0.1, 0.15) is 11.5 Å². The summed E-state index contributed by atoms with van der Waals surface area (Å²) in [6.45, 7) is 9.76. The lowest BCUT2D eigenvalue weighted by Gasteiger charge is -2.26. The van der Waals surface area contributed by atoms with Gasteiger partial charge in [0, 0.05) is 12.1 Å². The lowest BCUT2D eigenvalue weighted by Crippen LogP contribution is -2.32. The first-order valence-electron chi connectivity index (χ1n) is 12.7. The fourth-order valence-electron chi connectivity index (χ4n) is 4.36. The third-order valence-electron chi connectivity index (χ3n) is 6.16. The number of amides is 1. The number of ketones is 1. The van der Waals surface area contributed by atoms with Crippen LogP contribution in [0.2, 0.25) is 0 Å². The van der Waals surface area contributed by atoms with Gasteiger partial charge in [0.25, 0.3) is 11.7 Å². The molecule has 1 heterocycles. The molecule has 0 unspecified atom stereocenters. The van der Waals surface area contributed by atoms with Crippen molar-refractivity contribution < 1.29 is 29.3 Å². The molecule has 1 saturated heterocycles. The number of carbonyl (C=O) groups excluding carboxylic acids is 2. The Morgan fingerprint density at radius 2 is 1.81 bits per heavy atom. The van der Waals surface area contributed by atoms with Gasteiger partial charge in [0.15, 0.2) is 11.5 Å². The Bertz CT molecular complexity index is 1170. The van der Waals surface area contributed by atoms with Crippen LogP contribution in [0.4, 0.5) is 0 Å². The summed E-state index contributed by atoms with van der Waals surface area (Å²) in [6.07, 6.45) is 0.647. The summed E-state index contributed by atoms with van der Waals surface area (Å²) in [4.78, 5) is 30.0. The molecule has 0 spiro atoms. The predicted octanol–water partition coefficient (Wildman–Crippen LogP) is 4.51. The molecule has 0 saturated carbocycles. The first-order valence-corrected chi connectivity index (χ1v) is 12.7. The van der Waals surface area contributed by atoms with E-state index >= 15 is 0 Å². The van der Waals surface area contributed by atoms with Crippen LogP contribution in [-0.2, 0) is 9.59 Å². The first kappa shape index (κ1) is 28.1. The number of ether oxygens (including phenoxy) is 2. The fraction of sp³-hybridized carbons (Fsp3) is 0.448. The van der Waals surface area contributed by atoms with Crippen molar-refractivity contribution in [3.05, 3.63) is 58.7 Å². The highest BCUT2D eigenvalue weighted by atomic mass is 16.5. The molecule has 0 radical (unpaired) electrons. The van der Waals surface area contributed by atoms with Gasteiger partial charge in [-0.15, -0.1) is 0 Å². The predicted molar refractivity (Wildman–Crippen MR) is 143 cm³/mol. The van der Waals surface area contributed by atoms with Gasteiger partial charge in [-0.25, -0.2) is 0 Å². The van der Waals surface area contributed by atoms with Crippen LogP contribution in [0, 0.1) is 12.8 Å². The van der Waals surface area contributed by atoms with Gasteiger partial charge in [-0.3, -0.25) is 9.59 Å². The summed E-state index contributed by atoms with van der Waals surface area (Å²) in [6, 6.07) is 9.14. The maximum Gasteiger partial charge on any atom is 0.295 e. The highest BCUT2D eigenvalue weighted by Gasteiger charge is 2.46. The summed E-state index contributed by atoms with van der Waals surface area (Å²) >= 11 is 0. The Morgan fingerprint density at radius 1 is 1.08 bits per heavy atom. The first-order chi connectivity index (χ1) is 17.5. The molecular weight excluding hydrogens is 472 g/mol. The van der Waals surface area contributed by atoms with Crippen LogP contribution < -0.4 is 9.47 Å². The van der Waals surface area contributed by atoms with Crippen LogP contribution in [0.15, 0.2) is 42.0 Å². The molecular formula is C29H38N2O6. The summed E-state index contributed by atoms with van der Waals surface area (Å²) in [5.41, 5.74) is 1.82. The highest BCUT2D eigenvalue weighted by Crippen LogP contribution is 2.42. The van der Waals surface area contributed by atoms with Gasteiger partial charge in [-0.05, 0) is 88.3 Å². The molecule has 1 atom stereocenters. The highest BCUT2D eigenvalue weighted by molar-refractivity contribution is 6.46. The number of likely N-dealkylation sites (tertiary alicyclic amines) is 1. The average molecular weight is 511 g/mol. The standard InChI is InChI=1S/C29H38N2O6/c1-7-36-24-16-20(9-11-22(24)32)26-25(28(34)29(35)31(26)14-8-13-30(5)6)27(33)21-10-12-23(19(4)15-21)37-17-18(2)3/h9-12,15-16,18,26,32-33H,7-8,13-14,17H2,1-6H3/t26-/m1/s1. The topological polar surface area (TPSA) is 99.5 Å². The molecule has 2 N–H and O–H groups in total. The Labute approximate surface area is 219 Å². The number of aliphatic hydroxyl groups is 1.